The quantitative estimate of drug-likeness (QED) is 0.344. The molecule has 0 atom stereocenters. The summed E-state index contributed by atoms with van der Waals surface area (Å²) in [5.74, 6) is 1.93. The summed E-state index contributed by atoms with van der Waals surface area (Å²) in [5, 5.41) is 1.76. The number of thiophene rings is 1. The highest BCUT2D eigenvalue weighted by atomic mass is 32.1. The zero-order valence-electron chi connectivity index (χ0n) is 6.61. The Morgan fingerprint density at radius 3 is 3.15 bits per heavy atom. The SMILES string of the molecule is C#CCONC(=O)c1cc(S)cs1. The second-order valence-corrected chi connectivity index (χ2v) is 3.52. The number of hydrogen-bond donors (Lipinski definition) is 2. The molecule has 3 nitrogen and oxygen atoms in total. The van der Waals surface area contributed by atoms with E-state index in [1.807, 2.05) is 0 Å². The predicted octanol–water partition coefficient (Wildman–Crippen LogP) is 1.33. The first-order valence-electron chi connectivity index (χ1n) is 3.37. The van der Waals surface area contributed by atoms with Crippen LogP contribution < -0.4 is 5.48 Å². The Labute approximate surface area is 85.5 Å². The fraction of sp³-hybridized carbons (Fsp3) is 0.125. The Bertz CT molecular complexity index is 340. The lowest BCUT2D eigenvalue weighted by Crippen LogP contribution is -2.22. The molecule has 1 aromatic heterocycles. The summed E-state index contributed by atoms with van der Waals surface area (Å²) >= 11 is 5.36. The molecule has 0 bridgehead atoms. The zero-order chi connectivity index (χ0) is 9.68. The molecule has 1 N–H and O–H groups in total. The first kappa shape index (κ1) is 10.1. The van der Waals surface area contributed by atoms with Crippen LogP contribution in [0.4, 0.5) is 0 Å². The van der Waals surface area contributed by atoms with Crippen molar-refractivity contribution in [2.45, 2.75) is 4.90 Å². The molecule has 0 aliphatic heterocycles. The van der Waals surface area contributed by atoms with Crippen LogP contribution in [0.2, 0.25) is 0 Å². The van der Waals surface area contributed by atoms with Gasteiger partial charge in [0.25, 0.3) is 5.91 Å². The van der Waals surface area contributed by atoms with Gasteiger partial charge < -0.3 is 0 Å². The van der Waals surface area contributed by atoms with Crippen molar-refractivity contribution in [1.29, 1.82) is 0 Å². The van der Waals surface area contributed by atoms with Crippen molar-refractivity contribution in [3.63, 3.8) is 0 Å². The predicted molar refractivity (Wildman–Crippen MR) is 53.8 cm³/mol. The van der Waals surface area contributed by atoms with Gasteiger partial charge in [-0.3, -0.25) is 9.63 Å². The summed E-state index contributed by atoms with van der Waals surface area (Å²) in [5.41, 5.74) is 2.21. The van der Waals surface area contributed by atoms with Crippen LogP contribution in [0.1, 0.15) is 9.67 Å². The Hall–Kier alpha value is -0.960. The number of carbonyl (C=O) groups excluding carboxylic acids is 1. The van der Waals surface area contributed by atoms with Gasteiger partial charge in [-0.2, -0.15) is 0 Å². The normalized spacial score (nSPS) is 9.23. The summed E-state index contributed by atoms with van der Waals surface area (Å²) in [7, 11) is 0. The highest BCUT2D eigenvalue weighted by Gasteiger charge is 2.06. The monoisotopic (exact) mass is 213 g/mol. The van der Waals surface area contributed by atoms with Crippen molar-refractivity contribution >= 4 is 29.9 Å². The van der Waals surface area contributed by atoms with Crippen LogP contribution in [-0.4, -0.2) is 12.5 Å². The number of carbonyl (C=O) groups is 1. The fourth-order valence-corrected chi connectivity index (χ4v) is 1.67. The van der Waals surface area contributed by atoms with Crippen LogP contribution in [0, 0.1) is 12.3 Å². The van der Waals surface area contributed by atoms with E-state index in [0.717, 1.165) is 4.90 Å². The van der Waals surface area contributed by atoms with Crippen LogP contribution in [0.25, 0.3) is 0 Å². The van der Waals surface area contributed by atoms with E-state index in [4.69, 9.17) is 6.42 Å². The molecule has 0 radical (unpaired) electrons. The van der Waals surface area contributed by atoms with Gasteiger partial charge in [-0.1, -0.05) is 5.92 Å². The summed E-state index contributed by atoms with van der Waals surface area (Å²) in [6.07, 6.45) is 4.92. The average Bonchev–Trinajstić information content (AvgIpc) is 2.52. The van der Waals surface area contributed by atoms with Gasteiger partial charge in [-0.15, -0.1) is 30.4 Å². The molecule has 0 fully saturated rings. The Balaban J connectivity index is 2.45. The maximum atomic E-state index is 11.2. The van der Waals surface area contributed by atoms with Gasteiger partial charge in [0.2, 0.25) is 0 Å². The Morgan fingerprint density at radius 1 is 1.85 bits per heavy atom. The molecule has 0 spiro atoms. The van der Waals surface area contributed by atoms with Crippen molar-refractivity contribution < 1.29 is 9.63 Å². The number of hydrogen-bond acceptors (Lipinski definition) is 4. The van der Waals surface area contributed by atoms with Gasteiger partial charge in [-0.25, -0.2) is 5.48 Å². The number of rotatable bonds is 3. The van der Waals surface area contributed by atoms with E-state index in [1.165, 1.54) is 11.3 Å². The minimum absolute atomic E-state index is 0.0604. The molecule has 1 rings (SSSR count). The lowest BCUT2D eigenvalue weighted by Gasteiger charge is -1.99. The molecule has 0 saturated heterocycles. The molecule has 5 heteroatoms. The molecule has 0 aliphatic rings. The first-order chi connectivity index (χ1) is 6.24. The summed E-state index contributed by atoms with van der Waals surface area (Å²) in [6, 6.07) is 1.66. The van der Waals surface area contributed by atoms with E-state index in [2.05, 4.69) is 28.9 Å². The van der Waals surface area contributed by atoms with Gasteiger partial charge in [0.05, 0.1) is 4.88 Å². The third-order valence-electron chi connectivity index (χ3n) is 1.13. The van der Waals surface area contributed by atoms with Crippen molar-refractivity contribution in [3.8, 4) is 12.3 Å². The van der Waals surface area contributed by atoms with Crippen LogP contribution >= 0.6 is 24.0 Å². The number of amides is 1. The molecular weight excluding hydrogens is 206 g/mol. The number of hydroxylamine groups is 1. The van der Waals surface area contributed by atoms with Crippen molar-refractivity contribution in [2.24, 2.45) is 0 Å². The zero-order valence-corrected chi connectivity index (χ0v) is 8.32. The van der Waals surface area contributed by atoms with Crippen molar-refractivity contribution in [3.05, 3.63) is 16.3 Å². The van der Waals surface area contributed by atoms with E-state index < -0.39 is 0 Å². The topological polar surface area (TPSA) is 38.3 Å². The molecule has 13 heavy (non-hydrogen) atoms. The van der Waals surface area contributed by atoms with Crippen molar-refractivity contribution in [2.75, 3.05) is 6.61 Å². The highest BCUT2D eigenvalue weighted by molar-refractivity contribution is 7.80. The minimum atomic E-state index is -0.305. The molecular formula is C8H7NO2S2. The van der Waals surface area contributed by atoms with Gasteiger partial charge in [0, 0.05) is 10.3 Å². The summed E-state index contributed by atoms with van der Waals surface area (Å²) in [4.78, 5) is 17.2. The fourth-order valence-electron chi connectivity index (χ4n) is 0.639. The molecule has 68 valence electrons. The molecule has 0 unspecified atom stereocenters. The highest BCUT2D eigenvalue weighted by Crippen LogP contribution is 2.17. The van der Waals surface area contributed by atoms with Crippen LogP contribution in [0.5, 0.6) is 0 Å². The van der Waals surface area contributed by atoms with Gasteiger partial charge in [0.1, 0.15) is 6.61 Å². The second kappa shape index (κ2) is 4.92. The van der Waals surface area contributed by atoms with E-state index >= 15 is 0 Å². The van der Waals surface area contributed by atoms with Crippen LogP contribution in [0.3, 0.4) is 0 Å². The van der Waals surface area contributed by atoms with Crippen molar-refractivity contribution in [1.82, 2.24) is 5.48 Å². The van der Waals surface area contributed by atoms with E-state index in [-0.39, 0.29) is 12.5 Å². The Morgan fingerprint density at radius 2 is 2.62 bits per heavy atom. The standard InChI is InChI=1S/C8H7NO2S2/c1-2-3-11-9-8(10)7-4-6(12)5-13-7/h1,4-5,12H,3H2,(H,9,10). The van der Waals surface area contributed by atoms with Crippen LogP contribution in [0.15, 0.2) is 16.3 Å². The number of terminal acetylenes is 1. The largest absolute Gasteiger partial charge is 0.284 e. The van der Waals surface area contributed by atoms with E-state index in [0.29, 0.717) is 4.88 Å². The second-order valence-electron chi connectivity index (χ2n) is 2.09. The van der Waals surface area contributed by atoms with E-state index in [1.54, 1.807) is 11.4 Å². The van der Waals surface area contributed by atoms with Gasteiger partial charge in [0.15, 0.2) is 0 Å². The number of nitrogens with one attached hydrogen (secondary N) is 1. The summed E-state index contributed by atoms with van der Waals surface area (Å²) in [6.45, 7) is 0.0604. The van der Waals surface area contributed by atoms with Gasteiger partial charge in [-0.05, 0) is 6.07 Å². The van der Waals surface area contributed by atoms with E-state index in [9.17, 15) is 4.79 Å². The molecule has 0 saturated carbocycles. The van der Waals surface area contributed by atoms with Gasteiger partial charge >= 0.3 is 0 Å². The maximum absolute atomic E-state index is 11.2. The first-order valence-corrected chi connectivity index (χ1v) is 4.70. The lowest BCUT2D eigenvalue weighted by atomic mass is 10.4. The molecule has 0 aromatic carbocycles. The Kier molecular flexibility index (Phi) is 3.83. The molecule has 1 heterocycles. The number of thiol groups is 1. The minimum Gasteiger partial charge on any atom is -0.266 e. The summed E-state index contributed by atoms with van der Waals surface area (Å²) < 4.78 is 0. The third kappa shape index (κ3) is 3.11. The molecule has 1 amide bonds. The smallest absolute Gasteiger partial charge is 0.266 e. The average molecular weight is 213 g/mol. The molecule has 0 aliphatic carbocycles. The lowest BCUT2D eigenvalue weighted by molar-refractivity contribution is 0.0442. The maximum Gasteiger partial charge on any atom is 0.284 e. The molecule has 1 aromatic rings. The third-order valence-corrected chi connectivity index (χ3v) is 2.49. The van der Waals surface area contributed by atoms with Crippen LogP contribution in [-0.2, 0) is 4.84 Å².